The maximum absolute atomic E-state index is 9.82. The summed E-state index contributed by atoms with van der Waals surface area (Å²) < 4.78 is 6.31. The molecule has 2 N–H and O–H groups in total. The number of rotatable bonds is 2. The van der Waals surface area contributed by atoms with Crippen molar-refractivity contribution in [1.82, 2.24) is 5.32 Å². The zero-order chi connectivity index (χ0) is 10.8. The van der Waals surface area contributed by atoms with Gasteiger partial charge in [0.1, 0.15) is 5.75 Å². The molecule has 2 rings (SSSR count). The first-order chi connectivity index (χ1) is 7.22. The summed E-state index contributed by atoms with van der Waals surface area (Å²) in [4.78, 5) is 0. The van der Waals surface area contributed by atoms with Crippen LogP contribution in [0.3, 0.4) is 0 Å². The van der Waals surface area contributed by atoms with Gasteiger partial charge in [0.25, 0.3) is 0 Å². The Kier molecular flexibility index (Phi) is 3.29. The molecule has 82 valence electrons. The van der Waals surface area contributed by atoms with E-state index in [-0.39, 0.29) is 12.0 Å². The van der Waals surface area contributed by atoms with Crippen molar-refractivity contribution < 1.29 is 9.84 Å². The minimum Gasteiger partial charge on any atom is -0.496 e. The summed E-state index contributed by atoms with van der Waals surface area (Å²) in [6, 6.07) is 5.88. The van der Waals surface area contributed by atoms with Crippen molar-refractivity contribution in [2.24, 2.45) is 0 Å². The number of benzene rings is 1. The van der Waals surface area contributed by atoms with Crippen LogP contribution in [0.5, 0.6) is 5.75 Å². The summed E-state index contributed by atoms with van der Waals surface area (Å²) >= 11 is 3.43. The smallest absolute Gasteiger partial charge is 0.122 e. The number of halogens is 1. The molecule has 4 heteroatoms. The molecule has 1 aromatic rings. The summed E-state index contributed by atoms with van der Waals surface area (Å²) in [7, 11) is 1.65. The first-order valence-corrected chi connectivity index (χ1v) is 5.74. The average Bonchev–Trinajstić information content (AvgIpc) is 2.64. The number of hydrogen-bond donors (Lipinski definition) is 2. The molecule has 0 amide bonds. The zero-order valence-corrected chi connectivity index (χ0v) is 10.1. The topological polar surface area (TPSA) is 41.5 Å². The Balaban J connectivity index is 2.36. The Morgan fingerprint density at radius 1 is 1.47 bits per heavy atom. The van der Waals surface area contributed by atoms with Crippen LogP contribution in [0.1, 0.15) is 11.5 Å². The molecular weight excluding hydrogens is 258 g/mol. The van der Waals surface area contributed by atoms with Gasteiger partial charge in [-0.2, -0.15) is 0 Å². The lowest BCUT2D eigenvalue weighted by Crippen LogP contribution is -2.16. The van der Waals surface area contributed by atoms with Crippen molar-refractivity contribution in [2.45, 2.75) is 12.0 Å². The fourth-order valence-electron chi connectivity index (χ4n) is 1.98. The molecule has 1 aliphatic heterocycles. The Morgan fingerprint density at radius 3 is 2.87 bits per heavy atom. The first kappa shape index (κ1) is 10.9. The molecule has 0 radical (unpaired) electrons. The second-order valence-corrected chi connectivity index (χ2v) is 4.63. The fourth-order valence-corrected chi connectivity index (χ4v) is 2.36. The number of nitrogens with one attached hydrogen (secondary N) is 1. The zero-order valence-electron chi connectivity index (χ0n) is 8.53. The molecule has 1 heterocycles. The van der Waals surface area contributed by atoms with E-state index in [9.17, 15) is 5.11 Å². The molecule has 0 bridgehead atoms. The van der Waals surface area contributed by atoms with E-state index in [1.54, 1.807) is 7.11 Å². The second kappa shape index (κ2) is 4.51. The summed E-state index contributed by atoms with van der Waals surface area (Å²) in [5, 5.41) is 13.0. The molecule has 1 aromatic carbocycles. The highest BCUT2D eigenvalue weighted by Gasteiger charge is 2.28. The van der Waals surface area contributed by atoms with Gasteiger partial charge in [-0.1, -0.05) is 15.9 Å². The van der Waals surface area contributed by atoms with E-state index in [0.717, 1.165) is 22.3 Å². The predicted octanol–water partition coefficient (Wildman–Crippen LogP) is 1.51. The van der Waals surface area contributed by atoms with Crippen LogP contribution in [0.4, 0.5) is 0 Å². The summed E-state index contributed by atoms with van der Waals surface area (Å²) in [5.74, 6) is 0.961. The molecule has 1 aliphatic rings. The van der Waals surface area contributed by atoms with Crippen LogP contribution in [0.2, 0.25) is 0 Å². The highest BCUT2D eigenvalue weighted by atomic mass is 79.9. The predicted molar refractivity (Wildman–Crippen MR) is 62.3 cm³/mol. The van der Waals surface area contributed by atoms with Crippen LogP contribution in [0.25, 0.3) is 0 Å². The lowest BCUT2D eigenvalue weighted by molar-refractivity contribution is 0.176. The fraction of sp³-hybridized carbons (Fsp3) is 0.455. The number of ether oxygens (including phenoxy) is 1. The van der Waals surface area contributed by atoms with E-state index in [0.29, 0.717) is 6.54 Å². The third-order valence-electron chi connectivity index (χ3n) is 2.77. The molecule has 0 saturated carbocycles. The molecule has 0 aromatic heterocycles. The van der Waals surface area contributed by atoms with Crippen molar-refractivity contribution in [3.05, 3.63) is 28.2 Å². The van der Waals surface area contributed by atoms with Crippen LogP contribution in [0.15, 0.2) is 22.7 Å². The summed E-state index contributed by atoms with van der Waals surface area (Å²) in [5.41, 5.74) is 1.06. The Hall–Kier alpha value is -0.580. The van der Waals surface area contributed by atoms with Gasteiger partial charge in [-0.05, 0) is 18.2 Å². The van der Waals surface area contributed by atoms with Crippen molar-refractivity contribution in [2.75, 3.05) is 20.2 Å². The third-order valence-corrected chi connectivity index (χ3v) is 3.27. The van der Waals surface area contributed by atoms with E-state index >= 15 is 0 Å². The minimum absolute atomic E-state index is 0.123. The number of methoxy groups -OCH3 is 1. The number of hydrogen-bond acceptors (Lipinski definition) is 3. The van der Waals surface area contributed by atoms with Gasteiger partial charge < -0.3 is 15.2 Å². The van der Waals surface area contributed by atoms with Gasteiger partial charge in [0.05, 0.1) is 13.2 Å². The monoisotopic (exact) mass is 271 g/mol. The van der Waals surface area contributed by atoms with Crippen LogP contribution in [-0.2, 0) is 0 Å². The van der Waals surface area contributed by atoms with E-state index in [4.69, 9.17) is 4.74 Å². The van der Waals surface area contributed by atoms with Gasteiger partial charge in [0, 0.05) is 29.0 Å². The van der Waals surface area contributed by atoms with Gasteiger partial charge in [-0.15, -0.1) is 0 Å². The van der Waals surface area contributed by atoms with Crippen LogP contribution < -0.4 is 10.1 Å². The molecule has 1 saturated heterocycles. The Bertz CT molecular complexity index is 356. The van der Waals surface area contributed by atoms with Crippen LogP contribution in [-0.4, -0.2) is 31.4 Å². The number of aliphatic hydroxyl groups is 1. The Labute approximate surface area is 97.6 Å². The SMILES string of the molecule is COc1ccc(Br)cc1C1CNCC1O. The van der Waals surface area contributed by atoms with Gasteiger partial charge in [0.2, 0.25) is 0 Å². The number of aliphatic hydroxyl groups excluding tert-OH is 1. The van der Waals surface area contributed by atoms with E-state index in [1.165, 1.54) is 0 Å². The molecule has 1 fully saturated rings. The van der Waals surface area contributed by atoms with E-state index < -0.39 is 0 Å². The van der Waals surface area contributed by atoms with E-state index in [2.05, 4.69) is 21.2 Å². The Morgan fingerprint density at radius 2 is 2.27 bits per heavy atom. The quantitative estimate of drug-likeness (QED) is 0.857. The molecular formula is C11H14BrNO2. The normalized spacial score (nSPS) is 25.5. The van der Waals surface area contributed by atoms with Gasteiger partial charge in [-0.25, -0.2) is 0 Å². The largest absolute Gasteiger partial charge is 0.496 e. The van der Waals surface area contributed by atoms with Crippen molar-refractivity contribution in [1.29, 1.82) is 0 Å². The van der Waals surface area contributed by atoms with Crippen molar-refractivity contribution >= 4 is 15.9 Å². The minimum atomic E-state index is -0.326. The second-order valence-electron chi connectivity index (χ2n) is 3.72. The van der Waals surface area contributed by atoms with Crippen molar-refractivity contribution in [3.8, 4) is 5.75 Å². The lowest BCUT2D eigenvalue weighted by atomic mass is 9.95. The average molecular weight is 272 g/mol. The maximum atomic E-state index is 9.82. The van der Waals surface area contributed by atoms with E-state index in [1.807, 2.05) is 18.2 Å². The molecule has 2 atom stereocenters. The highest BCUT2D eigenvalue weighted by Crippen LogP contribution is 2.33. The highest BCUT2D eigenvalue weighted by molar-refractivity contribution is 9.10. The van der Waals surface area contributed by atoms with Gasteiger partial charge in [0.15, 0.2) is 0 Å². The molecule has 3 nitrogen and oxygen atoms in total. The van der Waals surface area contributed by atoms with Gasteiger partial charge >= 0.3 is 0 Å². The molecule has 0 spiro atoms. The molecule has 2 unspecified atom stereocenters. The first-order valence-electron chi connectivity index (χ1n) is 4.94. The van der Waals surface area contributed by atoms with Crippen LogP contribution >= 0.6 is 15.9 Å². The number of β-amino-alcohol motifs (C(OH)–C–C–N with tert-alkyl or cyclic N) is 1. The van der Waals surface area contributed by atoms with Crippen LogP contribution in [0, 0.1) is 0 Å². The lowest BCUT2D eigenvalue weighted by Gasteiger charge is -2.17. The maximum Gasteiger partial charge on any atom is 0.122 e. The van der Waals surface area contributed by atoms with Gasteiger partial charge in [-0.3, -0.25) is 0 Å². The molecule has 15 heavy (non-hydrogen) atoms. The molecule has 0 aliphatic carbocycles. The standard InChI is InChI=1S/C11H14BrNO2/c1-15-11-3-2-7(12)4-8(11)9-5-13-6-10(9)14/h2-4,9-10,13-14H,5-6H2,1H3. The van der Waals surface area contributed by atoms with Crippen molar-refractivity contribution in [3.63, 3.8) is 0 Å². The summed E-state index contributed by atoms with van der Waals surface area (Å²) in [6.07, 6.45) is -0.326. The summed E-state index contributed by atoms with van der Waals surface area (Å²) in [6.45, 7) is 1.45. The third kappa shape index (κ3) is 2.17.